The van der Waals surface area contributed by atoms with Gasteiger partial charge in [0.25, 0.3) is 0 Å². The second kappa shape index (κ2) is 6.78. The molecule has 1 unspecified atom stereocenters. The molecule has 1 aromatic carbocycles. The number of benzene rings is 1. The first-order valence-electron chi connectivity index (χ1n) is 6.50. The van der Waals surface area contributed by atoms with Crippen LogP contribution in [0.15, 0.2) is 18.2 Å². The van der Waals surface area contributed by atoms with Gasteiger partial charge in [-0.15, -0.1) is 0 Å². The van der Waals surface area contributed by atoms with Gasteiger partial charge in [0.1, 0.15) is 0 Å². The number of nitrogens with two attached hydrogens (primary N) is 1. The molecule has 104 valence electrons. The van der Waals surface area contributed by atoms with Crippen molar-refractivity contribution in [2.75, 3.05) is 18.9 Å². The van der Waals surface area contributed by atoms with E-state index in [0.717, 1.165) is 32.3 Å². The van der Waals surface area contributed by atoms with Crippen LogP contribution in [0, 0.1) is 0 Å². The number of carbonyl (C=O) groups is 1. The highest BCUT2D eigenvalue weighted by molar-refractivity contribution is 6.33. The molecule has 2 N–H and O–H groups in total. The Morgan fingerprint density at radius 3 is 3.05 bits per heavy atom. The summed E-state index contributed by atoms with van der Waals surface area (Å²) in [7, 11) is 0. The second-order valence-corrected chi connectivity index (χ2v) is 5.06. The van der Waals surface area contributed by atoms with Gasteiger partial charge in [-0.1, -0.05) is 11.6 Å². The number of esters is 1. The molecule has 0 aliphatic carbocycles. The first-order chi connectivity index (χ1) is 9.16. The fourth-order valence-electron chi connectivity index (χ4n) is 2.09. The third-order valence-corrected chi connectivity index (χ3v) is 3.49. The van der Waals surface area contributed by atoms with Crippen LogP contribution in [0.3, 0.4) is 0 Å². The number of hydrogen-bond donors (Lipinski definition) is 1. The Morgan fingerprint density at radius 2 is 2.37 bits per heavy atom. The van der Waals surface area contributed by atoms with E-state index in [0.29, 0.717) is 29.0 Å². The molecule has 4 nitrogen and oxygen atoms in total. The highest BCUT2D eigenvalue weighted by Crippen LogP contribution is 2.20. The third-order valence-electron chi connectivity index (χ3n) is 3.16. The molecule has 0 saturated carbocycles. The predicted octanol–water partition coefficient (Wildman–Crippen LogP) is 3.04. The molecule has 0 aromatic heterocycles. The van der Waals surface area contributed by atoms with Crippen molar-refractivity contribution in [3.63, 3.8) is 0 Å². The summed E-state index contributed by atoms with van der Waals surface area (Å²) in [6.45, 7) is 1.26. The first kappa shape index (κ1) is 14.2. The van der Waals surface area contributed by atoms with E-state index in [1.54, 1.807) is 12.1 Å². The van der Waals surface area contributed by atoms with Crippen LogP contribution in [0.5, 0.6) is 0 Å². The lowest BCUT2D eigenvalue weighted by molar-refractivity contribution is 0.0461. The maximum absolute atomic E-state index is 11.8. The Labute approximate surface area is 117 Å². The average Bonchev–Trinajstić information content (AvgIpc) is 2.91. The van der Waals surface area contributed by atoms with Crippen LogP contribution >= 0.6 is 11.6 Å². The van der Waals surface area contributed by atoms with Crippen LogP contribution in [-0.4, -0.2) is 25.3 Å². The number of halogens is 1. The van der Waals surface area contributed by atoms with E-state index in [-0.39, 0.29) is 5.97 Å². The minimum Gasteiger partial charge on any atom is -0.462 e. The van der Waals surface area contributed by atoms with Gasteiger partial charge in [-0.3, -0.25) is 0 Å². The van der Waals surface area contributed by atoms with Crippen molar-refractivity contribution in [1.29, 1.82) is 0 Å². The number of nitrogen functional groups attached to an aromatic ring is 1. The molecule has 1 fully saturated rings. The molecule has 1 saturated heterocycles. The van der Waals surface area contributed by atoms with Crippen molar-refractivity contribution in [2.45, 2.75) is 31.8 Å². The van der Waals surface area contributed by atoms with E-state index in [9.17, 15) is 4.79 Å². The topological polar surface area (TPSA) is 61.6 Å². The predicted molar refractivity (Wildman–Crippen MR) is 74.4 cm³/mol. The molecule has 0 amide bonds. The quantitative estimate of drug-likeness (QED) is 0.512. The zero-order valence-corrected chi connectivity index (χ0v) is 11.5. The minimum atomic E-state index is -0.366. The molecule has 5 heteroatoms. The zero-order chi connectivity index (χ0) is 13.7. The lowest BCUT2D eigenvalue weighted by atomic mass is 10.1. The van der Waals surface area contributed by atoms with Gasteiger partial charge < -0.3 is 15.2 Å². The number of rotatable bonds is 5. The molecular formula is C14H18ClNO3. The second-order valence-electron chi connectivity index (χ2n) is 4.65. The SMILES string of the molecule is Nc1ccc(C(=O)OCCCC2CCCO2)cc1Cl. The fraction of sp³-hybridized carbons (Fsp3) is 0.500. The molecule has 1 atom stereocenters. The van der Waals surface area contributed by atoms with E-state index < -0.39 is 0 Å². The summed E-state index contributed by atoms with van der Waals surface area (Å²) < 4.78 is 10.7. The molecule has 2 rings (SSSR count). The lowest BCUT2D eigenvalue weighted by Crippen LogP contribution is -2.10. The summed E-state index contributed by atoms with van der Waals surface area (Å²) >= 11 is 5.86. The van der Waals surface area contributed by atoms with E-state index in [1.807, 2.05) is 0 Å². The Morgan fingerprint density at radius 1 is 1.53 bits per heavy atom. The number of anilines is 1. The summed E-state index contributed by atoms with van der Waals surface area (Å²) in [5, 5.41) is 0.369. The van der Waals surface area contributed by atoms with Gasteiger partial charge in [-0.2, -0.15) is 0 Å². The van der Waals surface area contributed by atoms with Crippen molar-refractivity contribution >= 4 is 23.3 Å². The Kier molecular flexibility index (Phi) is 5.05. The molecule has 1 aliphatic heterocycles. The molecule has 1 aromatic rings. The van der Waals surface area contributed by atoms with Gasteiger partial charge in [0.05, 0.1) is 29.0 Å². The van der Waals surface area contributed by atoms with Gasteiger partial charge in [-0.25, -0.2) is 4.79 Å². The molecule has 0 spiro atoms. The maximum Gasteiger partial charge on any atom is 0.338 e. The van der Waals surface area contributed by atoms with Crippen molar-refractivity contribution in [2.24, 2.45) is 0 Å². The van der Waals surface area contributed by atoms with Gasteiger partial charge in [0.15, 0.2) is 0 Å². The molecule has 0 radical (unpaired) electrons. The first-order valence-corrected chi connectivity index (χ1v) is 6.88. The Balaban J connectivity index is 1.72. The fourth-order valence-corrected chi connectivity index (χ4v) is 2.27. The van der Waals surface area contributed by atoms with Crippen LogP contribution in [0.25, 0.3) is 0 Å². The van der Waals surface area contributed by atoms with Crippen LogP contribution in [0.2, 0.25) is 5.02 Å². The van der Waals surface area contributed by atoms with Gasteiger partial charge in [0.2, 0.25) is 0 Å². The van der Waals surface area contributed by atoms with Gasteiger partial charge in [0, 0.05) is 6.61 Å². The average molecular weight is 284 g/mol. The number of hydrogen-bond acceptors (Lipinski definition) is 4. The standard InChI is InChI=1S/C14H18ClNO3/c15-12-9-10(5-6-13(12)16)14(17)19-8-2-4-11-3-1-7-18-11/h5-6,9,11H,1-4,7-8,16H2. The van der Waals surface area contributed by atoms with Crippen molar-refractivity contribution in [3.8, 4) is 0 Å². The van der Waals surface area contributed by atoms with Crippen molar-refractivity contribution in [3.05, 3.63) is 28.8 Å². The monoisotopic (exact) mass is 283 g/mol. The Hall–Kier alpha value is -1.26. The Bertz CT molecular complexity index is 444. The molecule has 1 heterocycles. The smallest absolute Gasteiger partial charge is 0.338 e. The number of carbonyl (C=O) groups excluding carboxylic acids is 1. The summed E-state index contributed by atoms with van der Waals surface area (Å²) in [5.41, 5.74) is 6.46. The van der Waals surface area contributed by atoms with E-state index >= 15 is 0 Å². The minimum absolute atomic E-state index is 0.338. The van der Waals surface area contributed by atoms with Crippen LogP contribution in [0.4, 0.5) is 5.69 Å². The zero-order valence-electron chi connectivity index (χ0n) is 10.7. The summed E-state index contributed by atoms with van der Waals surface area (Å²) in [5.74, 6) is -0.366. The summed E-state index contributed by atoms with van der Waals surface area (Å²) in [4.78, 5) is 11.8. The summed E-state index contributed by atoms with van der Waals surface area (Å²) in [6, 6.07) is 4.74. The highest BCUT2D eigenvalue weighted by Gasteiger charge is 2.15. The van der Waals surface area contributed by atoms with E-state index in [2.05, 4.69) is 0 Å². The van der Waals surface area contributed by atoms with E-state index in [4.69, 9.17) is 26.8 Å². The van der Waals surface area contributed by atoms with E-state index in [1.165, 1.54) is 6.07 Å². The van der Waals surface area contributed by atoms with Gasteiger partial charge in [-0.05, 0) is 43.9 Å². The van der Waals surface area contributed by atoms with Crippen LogP contribution < -0.4 is 5.73 Å². The van der Waals surface area contributed by atoms with Crippen molar-refractivity contribution in [1.82, 2.24) is 0 Å². The largest absolute Gasteiger partial charge is 0.462 e. The molecule has 1 aliphatic rings. The maximum atomic E-state index is 11.8. The third kappa shape index (κ3) is 4.11. The van der Waals surface area contributed by atoms with Crippen LogP contribution in [-0.2, 0) is 9.47 Å². The van der Waals surface area contributed by atoms with Gasteiger partial charge >= 0.3 is 5.97 Å². The van der Waals surface area contributed by atoms with Crippen molar-refractivity contribution < 1.29 is 14.3 Å². The molecule has 19 heavy (non-hydrogen) atoms. The highest BCUT2D eigenvalue weighted by atomic mass is 35.5. The van der Waals surface area contributed by atoms with Crippen LogP contribution in [0.1, 0.15) is 36.0 Å². The normalized spacial score (nSPS) is 18.5. The molecule has 0 bridgehead atoms. The lowest BCUT2D eigenvalue weighted by Gasteiger charge is -2.09. The summed E-state index contributed by atoms with van der Waals surface area (Å²) in [6.07, 6.45) is 4.34. The molecular weight excluding hydrogens is 266 g/mol. The number of ether oxygens (including phenoxy) is 2.